The molecule has 186 valence electrons. The summed E-state index contributed by atoms with van der Waals surface area (Å²) in [6, 6.07) is 5.17. The standard InChI is InChI=1S/C24H30O10/c1-6-7-8-9-20(33-23(27)14-10-16(29-2)21(25)17(11-14)30-3)34-24(28)15-12-18(31-4)22(26)19(13-15)32-5/h10-13,20,25-26H,6-9H2,1-5H3. The Kier molecular flexibility index (Phi) is 9.66. The van der Waals surface area contributed by atoms with Crippen LogP contribution in [-0.2, 0) is 9.47 Å². The molecule has 0 saturated carbocycles. The van der Waals surface area contributed by atoms with Crippen LogP contribution in [0.4, 0.5) is 0 Å². The number of ether oxygens (including phenoxy) is 6. The van der Waals surface area contributed by atoms with Gasteiger partial charge in [0.2, 0.25) is 17.8 Å². The molecule has 10 nitrogen and oxygen atoms in total. The number of unbranched alkanes of at least 4 members (excludes halogenated alkanes) is 2. The summed E-state index contributed by atoms with van der Waals surface area (Å²) >= 11 is 0. The lowest BCUT2D eigenvalue weighted by Gasteiger charge is -2.19. The fourth-order valence-electron chi connectivity index (χ4n) is 3.10. The first-order valence-corrected chi connectivity index (χ1v) is 10.6. The predicted molar refractivity (Wildman–Crippen MR) is 121 cm³/mol. The molecule has 0 aliphatic heterocycles. The van der Waals surface area contributed by atoms with Crippen molar-refractivity contribution in [3.63, 3.8) is 0 Å². The largest absolute Gasteiger partial charge is 0.502 e. The summed E-state index contributed by atoms with van der Waals surface area (Å²) in [4.78, 5) is 25.6. The van der Waals surface area contributed by atoms with Gasteiger partial charge in [0.05, 0.1) is 39.6 Å². The average Bonchev–Trinajstić information content (AvgIpc) is 2.84. The van der Waals surface area contributed by atoms with E-state index in [0.717, 1.165) is 12.8 Å². The maximum absolute atomic E-state index is 12.8. The Hall–Kier alpha value is -3.82. The molecule has 2 N–H and O–H groups in total. The van der Waals surface area contributed by atoms with Crippen molar-refractivity contribution in [3.8, 4) is 34.5 Å². The van der Waals surface area contributed by atoms with Crippen LogP contribution in [0.15, 0.2) is 24.3 Å². The molecule has 0 aromatic heterocycles. The first kappa shape index (κ1) is 26.4. The topological polar surface area (TPSA) is 130 Å². The number of carbonyl (C=O) groups is 2. The van der Waals surface area contributed by atoms with Crippen LogP contribution in [0.2, 0.25) is 0 Å². The molecule has 0 aliphatic rings. The van der Waals surface area contributed by atoms with E-state index in [1.165, 1.54) is 52.7 Å². The van der Waals surface area contributed by atoms with Gasteiger partial charge >= 0.3 is 11.9 Å². The van der Waals surface area contributed by atoms with Gasteiger partial charge in [-0.3, -0.25) is 0 Å². The molecular formula is C24H30O10. The number of esters is 2. The Labute approximate surface area is 197 Å². The summed E-state index contributed by atoms with van der Waals surface area (Å²) in [5.74, 6) is -2.03. The molecule has 0 aliphatic carbocycles. The van der Waals surface area contributed by atoms with Gasteiger partial charge in [-0.2, -0.15) is 0 Å². The molecule has 0 radical (unpaired) electrons. The SMILES string of the molecule is CCCCCC(OC(=O)c1cc(OC)c(O)c(OC)c1)OC(=O)c1cc(OC)c(O)c(OC)c1. The lowest BCUT2D eigenvalue weighted by atomic mass is 10.1. The lowest BCUT2D eigenvalue weighted by Crippen LogP contribution is -2.25. The lowest BCUT2D eigenvalue weighted by molar-refractivity contribution is -0.0838. The van der Waals surface area contributed by atoms with Gasteiger partial charge in [0, 0.05) is 6.42 Å². The number of aromatic hydroxyl groups is 2. The van der Waals surface area contributed by atoms with Crippen molar-refractivity contribution in [1.82, 2.24) is 0 Å². The van der Waals surface area contributed by atoms with Crippen molar-refractivity contribution in [2.24, 2.45) is 0 Å². The van der Waals surface area contributed by atoms with Gasteiger partial charge < -0.3 is 38.6 Å². The molecule has 0 fully saturated rings. The molecular weight excluding hydrogens is 448 g/mol. The van der Waals surface area contributed by atoms with Crippen LogP contribution in [-0.4, -0.2) is 56.9 Å². The monoisotopic (exact) mass is 478 g/mol. The van der Waals surface area contributed by atoms with E-state index in [1.54, 1.807) is 0 Å². The Morgan fingerprint density at radius 2 is 1.06 bits per heavy atom. The molecule has 2 rings (SSSR count). The Balaban J connectivity index is 2.27. The van der Waals surface area contributed by atoms with Crippen molar-refractivity contribution in [3.05, 3.63) is 35.4 Å². The smallest absolute Gasteiger partial charge is 0.341 e. The van der Waals surface area contributed by atoms with E-state index >= 15 is 0 Å². The fraction of sp³-hybridized carbons (Fsp3) is 0.417. The normalized spacial score (nSPS) is 10.5. The number of carbonyl (C=O) groups excluding carboxylic acids is 2. The van der Waals surface area contributed by atoms with Crippen molar-refractivity contribution in [2.75, 3.05) is 28.4 Å². The highest BCUT2D eigenvalue weighted by Gasteiger charge is 2.25. The van der Waals surface area contributed by atoms with Crippen molar-refractivity contribution >= 4 is 11.9 Å². The highest BCUT2D eigenvalue weighted by molar-refractivity contribution is 5.93. The molecule has 0 saturated heterocycles. The molecule has 0 heterocycles. The number of phenols is 2. The molecule has 0 unspecified atom stereocenters. The molecule has 10 heteroatoms. The molecule has 0 bridgehead atoms. The van der Waals surface area contributed by atoms with Crippen LogP contribution in [0.5, 0.6) is 34.5 Å². The number of rotatable bonds is 12. The van der Waals surface area contributed by atoms with E-state index in [-0.39, 0.29) is 52.0 Å². The van der Waals surface area contributed by atoms with E-state index in [9.17, 15) is 19.8 Å². The highest BCUT2D eigenvalue weighted by Crippen LogP contribution is 2.38. The number of benzene rings is 2. The Morgan fingerprint density at radius 3 is 1.35 bits per heavy atom. The predicted octanol–water partition coefficient (Wildman–Crippen LogP) is 4.05. The molecule has 2 aromatic carbocycles. The minimum absolute atomic E-state index is 0.0223. The van der Waals surface area contributed by atoms with E-state index < -0.39 is 18.2 Å². The zero-order valence-electron chi connectivity index (χ0n) is 19.9. The fourth-order valence-corrected chi connectivity index (χ4v) is 3.10. The molecule has 0 spiro atoms. The van der Waals surface area contributed by atoms with E-state index in [4.69, 9.17) is 28.4 Å². The number of hydrogen-bond donors (Lipinski definition) is 2. The van der Waals surface area contributed by atoms with Crippen molar-refractivity contribution in [1.29, 1.82) is 0 Å². The second-order valence-electron chi connectivity index (χ2n) is 7.19. The zero-order valence-corrected chi connectivity index (χ0v) is 19.9. The van der Waals surface area contributed by atoms with Crippen LogP contribution in [0, 0.1) is 0 Å². The van der Waals surface area contributed by atoms with Crippen LogP contribution >= 0.6 is 0 Å². The second-order valence-corrected chi connectivity index (χ2v) is 7.19. The number of hydrogen-bond acceptors (Lipinski definition) is 10. The van der Waals surface area contributed by atoms with Gasteiger partial charge in [0.25, 0.3) is 0 Å². The van der Waals surface area contributed by atoms with Gasteiger partial charge in [0.15, 0.2) is 23.0 Å². The highest BCUT2D eigenvalue weighted by atomic mass is 16.7. The summed E-state index contributed by atoms with van der Waals surface area (Å²) < 4.78 is 31.2. The van der Waals surface area contributed by atoms with Gasteiger partial charge in [-0.15, -0.1) is 0 Å². The maximum atomic E-state index is 12.8. The summed E-state index contributed by atoms with van der Waals surface area (Å²) in [5.41, 5.74) is 0.0759. The first-order chi connectivity index (χ1) is 16.3. The van der Waals surface area contributed by atoms with Gasteiger partial charge in [-0.1, -0.05) is 19.8 Å². The zero-order chi connectivity index (χ0) is 25.3. The van der Waals surface area contributed by atoms with Gasteiger partial charge in [0.1, 0.15) is 0 Å². The average molecular weight is 478 g/mol. The van der Waals surface area contributed by atoms with Crippen LogP contribution < -0.4 is 18.9 Å². The third-order valence-corrected chi connectivity index (χ3v) is 4.95. The second kappa shape index (κ2) is 12.4. The minimum atomic E-state index is -1.19. The van der Waals surface area contributed by atoms with E-state index in [1.807, 2.05) is 6.92 Å². The van der Waals surface area contributed by atoms with Crippen LogP contribution in [0.25, 0.3) is 0 Å². The summed E-state index contributed by atoms with van der Waals surface area (Å²) in [7, 11) is 5.33. The van der Waals surface area contributed by atoms with Crippen LogP contribution in [0.3, 0.4) is 0 Å². The molecule has 0 amide bonds. The van der Waals surface area contributed by atoms with Gasteiger partial charge in [-0.25, -0.2) is 9.59 Å². The summed E-state index contributed by atoms with van der Waals surface area (Å²) in [5, 5.41) is 20.1. The van der Waals surface area contributed by atoms with E-state index in [0.29, 0.717) is 6.42 Å². The van der Waals surface area contributed by atoms with Crippen LogP contribution in [0.1, 0.15) is 53.3 Å². The Bertz CT molecular complexity index is 876. The minimum Gasteiger partial charge on any atom is -0.502 e. The first-order valence-electron chi connectivity index (χ1n) is 10.6. The number of phenolic OH excluding ortho intramolecular Hbond substituents is 2. The summed E-state index contributed by atoms with van der Waals surface area (Å²) in [6.45, 7) is 2.01. The quantitative estimate of drug-likeness (QED) is 0.262. The van der Waals surface area contributed by atoms with Crippen molar-refractivity contribution < 1.29 is 48.2 Å². The molecule has 34 heavy (non-hydrogen) atoms. The third-order valence-electron chi connectivity index (χ3n) is 4.95. The summed E-state index contributed by atoms with van der Waals surface area (Å²) in [6.07, 6.45) is 1.47. The molecule has 0 atom stereocenters. The van der Waals surface area contributed by atoms with Gasteiger partial charge in [-0.05, 0) is 30.7 Å². The molecule has 2 aromatic rings. The van der Waals surface area contributed by atoms with Crippen molar-refractivity contribution in [2.45, 2.75) is 38.9 Å². The Morgan fingerprint density at radius 1 is 0.706 bits per heavy atom. The van der Waals surface area contributed by atoms with E-state index in [2.05, 4.69) is 0 Å². The number of methoxy groups -OCH3 is 4. The maximum Gasteiger partial charge on any atom is 0.341 e. The third kappa shape index (κ3) is 6.37.